The molecule has 0 saturated heterocycles. The van der Waals surface area contributed by atoms with Crippen LogP contribution in [0.1, 0.15) is 0 Å². The predicted molar refractivity (Wildman–Crippen MR) is 80.0 cm³/mol. The summed E-state index contributed by atoms with van der Waals surface area (Å²) >= 11 is 5.07. The highest BCUT2D eigenvalue weighted by Gasteiger charge is 2.00. The minimum Gasteiger partial charge on any atom is -0.234 e. The van der Waals surface area contributed by atoms with Gasteiger partial charge in [-0.25, -0.2) is 4.98 Å². The van der Waals surface area contributed by atoms with Crippen molar-refractivity contribution in [3.63, 3.8) is 0 Å². The summed E-state index contributed by atoms with van der Waals surface area (Å²) in [7, 11) is 0. The van der Waals surface area contributed by atoms with Gasteiger partial charge in [-0.1, -0.05) is 48.2 Å². The van der Waals surface area contributed by atoms with Crippen molar-refractivity contribution in [2.45, 2.75) is 9.92 Å². The van der Waals surface area contributed by atoms with Gasteiger partial charge >= 0.3 is 0 Å². The van der Waals surface area contributed by atoms with Gasteiger partial charge in [0.05, 0.1) is 0 Å². The summed E-state index contributed by atoms with van der Waals surface area (Å²) in [6.07, 6.45) is 0. The Hall–Kier alpha value is -1.32. The average Bonchev–Trinajstić information content (AvgIpc) is 2.39. The van der Waals surface area contributed by atoms with Crippen molar-refractivity contribution < 1.29 is 0 Å². The first kappa shape index (κ1) is 11.8. The molecule has 3 heteroatoms. The number of rotatable bonds is 2. The molecule has 2 aromatic carbocycles. The fraction of sp³-hybridized carbons (Fsp3) is 0. The second-order valence-corrected chi connectivity index (χ2v) is 5.82. The van der Waals surface area contributed by atoms with E-state index < -0.39 is 0 Å². The van der Waals surface area contributed by atoms with Gasteiger partial charge in [-0.3, -0.25) is 0 Å². The molecule has 0 atom stereocenters. The standard InChI is InChI=1S/C15H10BrNS/c16-14-6-3-7-15(17-14)18-13-9-8-11-4-1-2-5-12(11)10-13/h1-10H. The molecule has 0 aliphatic carbocycles. The van der Waals surface area contributed by atoms with Gasteiger partial charge in [-0.05, 0) is 51.0 Å². The van der Waals surface area contributed by atoms with Crippen LogP contribution in [0.3, 0.4) is 0 Å². The Morgan fingerprint density at radius 1 is 0.833 bits per heavy atom. The van der Waals surface area contributed by atoms with Crippen LogP contribution >= 0.6 is 27.7 Å². The van der Waals surface area contributed by atoms with Crippen molar-refractivity contribution in [1.82, 2.24) is 4.98 Å². The van der Waals surface area contributed by atoms with E-state index in [1.807, 2.05) is 18.2 Å². The first-order valence-corrected chi connectivity index (χ1v) is 7.21. The Morgan fingerprint density at radius 3 is 2.50 bits per heavy atom. The van der Waals surface area contributed by atoms with Crippen LogP contribution in [-0.4, -0.2) is 4.98 Å². The van der Waals surface area contributed by atoms with E-state index in [0.717, 1.165) is 9.63 Å². The number of pyridine rings is 1. The molecule has 0 unspecified atom stereocenters. The van der Waals surface area contributed by atoms with Gasteiger partial charge in [0.2, 0.25) is 0 Å². The molecular weight excluding hydrogens is 306 g/mol. The molecule has 18 heavy (non-hydrogen) atoms. The number of benzene rings is 2. The average molecular weight is 316 g/mol. The SMILES string of the molecule is Brc1cccc(Sc2ccc3ccccc3c2)n1. The molecule has 0 aliphatic rings. The third-order valence-corrected chi connectivity index (χ3v) is 4.00. The summed E-state index contributed by atoms with van der Waals surface area (Å²) in [5.41, 5.74) is 0. The fourth-order valence-corrected chi connectivity index (χ4v) is 3.11. The minimum absolute atomic E-state index is 0.869. The van der Waals surface area contributed by atoms with Crippen LogP contribution in [0.2, 0.25) is 0 Å². The molecule has 0 spiro atoms. The first-order chi connectivity index (χ1) is 8.81. The van der Waals surface area contributed by atoms with Crippen molar-refractivity contribution in [3.8, 4) is 0 Å². The number of hydrogen-bond acceptors (Lipinski definition) is 2. The summed E-state index contributed by atoms with van der Waals surface area (Å²) in [6, 6.07) is 20.8. The quantitative estimate of drug-likeness (QED) is 0.607. The second kappa shape index (κ2) is 5.12. The molecule has 0 bridgehead atoms. The lowest BCUT2D eigenvalue weighted by atomic mass is 10.1. The van der Waals surface area contributed by atoms with E-state index in [1.165, 1.54) is 15.7 Å². The van der Waals surface area contributed by atoms with Gasteiger partial charge in [0.1, 0.15) is 9.63 Å². The van der Waals surface area contributed by atoms with Crippen molar-refractivity contribution in [2.75, 3.05) is 0 Å². The second-order valence-electron chi connectivity index (χ2n) is 3.91. The third kappa shape index (κ3) is 2.57. The van der Waals surface area contributed by atoms with Gasteiger partial charge in [0, 0.05) is 4.90 Å². The Bertz CT molecular complexity index is 697. The zero-order chi connectivity index (χ0) is 12.4. The topological polar surface area (TPSA) is 12.9 Å². The lowest BCUT2D eigenvalue weighted by molar-refractivity contribution is 1.10. The van der Waals surface area contributed by atoms with Crippen molar-refractivity contribution in [2.24, 2.45) is 0 Å². The number of halogens is 1. The maximum Gasteiger partial charge on any atom is 0.107 e. The maximum atomic E-state index is 4.43. The minimum atomic E-state index is 0.869. The smallest absolute Gasteiger partial charge is 0.107 e. The summed E-state index contributed by atoms with van der Waals surface area (Å²) in [5, 5.41) is 3.53. The highest BCUT2D eigenvalue weighted by atomic mass is 79.9. The van der Waals surface area contributed by atoms with Gasteiger partial charge in [0.25, 0.3) is 0 Å². The first-order valence-electron chi connectivity index (χ1n) is 5.60. The highest BCUT2D eigenvalue weighted by Crippen LogP contribution is 2.29. The van der Waals surface area contributed by atoms with Crippen LogP contribution in [0.5, 0.6) is 0 Å². The molecule has 0 amide bonds. The largest absolute Gasteiger partial charge is 0.234 e. The zero-order valence-electron chi connectivity index (χ0n) is 9.51. The summed E-state index contributed by atoms with van der Waals surface area (Å²) in [4.78, 5) is 5.64. The summed E-state index contributed by atoms with van der Waals surface area (Å²) < 4.78 is 0.869. The van der Waals surface area contributed by atoms with E-state index >= 15 is 0 Å². The normalized spacial score (nSPS) is 10.7. The molecule has 0 aliphatic heterocycles. The van der Waals surface area contributed by atoms with Crippen molar-refractivity contribution in [3.05, 3.63) is 65.3 Å². The lowest BCUT2D eigenvalue weighted by Gasteiger charge is -2.03. The van der Waals surface area contributed by atoms with Crippen molar-refractivity contribution in [1.29, 1.82) is 0 Å². The Balaban J connectivity index is 1.95. The predicted octanol–water partition coefficient (Wildman–Crippen LogP) is 5.15. The molecule has 0 saturated carbocycles. The molecule has 3 aromatic rings. The van der Waals surface area contributed by atoms with Gasteiger partial charge in [-0.2, -0.15) is 0 Å². The summed E-state index contributed by atoms with van der Waals surface area (Å²) in [6.45, 7) is 0. The van der Waals surface area contributed by atoms with Crippen LogP contribution in [0.25, 0.3) is 10.8 Å². The fourth-order valence-electron chi connectivity index (χ4n) is 1.80. The van der Waals surface area contributed by atoms with E-state index in [4.69, 9.17) is 0 Å². The summed E-state index contributed by atoms with van der Waals surface area (Å²) in [5.74, 6) is 0. The number of hydrogen-bond donors (Lipinski definition) is 0. The molecule has 0 N–H and O–H groups in total. The van der Waals surface area contributed by atoms with E-state index in [0.29, 0.717) is 0 Å². The number of aromatic nitrogens is 1. The molecule has 0 fully saturated rings. The van der Waals surface area contributed by atoms with Crippen LogP contribution < -0.4 is 0 Å². The maximum absolute atomic E-state index is 4.43. The highest BCUT2D eigenvalue weighted by molar-refractivity contribution is 9.10. The molecular formula is C15H10BrNS. The zero-order valence-corrected chi connectivity index (χ0v) is 11.9. The molecule has 1 aromatic heterocycles. The third-order valence-electron chi connectivity index (χ3n) is 2.63. The van der Waals surface area contributed by atoms with E-state index in [1.54, 1.807) is 11.8 Å². The monoisotopic (exact) mass is 315 g/mol. The Morgan fingerprint density at radius 2 is 1.67 bits per heavy atom. The van der Waals surface area contributed by atoms with Gasteiger partial charge < -0.3 is 0 Å². The Labute approximate surface area is 118 Å². The van der Waals surface area contributed by atoms with Crippen LogP contribution in [0.15, 0.2) is 75.2 Å². The van der Waals surface area contributed by atoms with E-state index in [2.05, 4.69) is 63.4 Å². The number of nitrogens with zero attached hydrogens (tertiary/aromatic N) is 1. The van der Waals surface area contributed by atoms with Crippen LogP contribution in [0.4, 0.5) is 0 Å². The molecule has 3 rings (SSSR count). The Kier molecular flexibility index (Phi) is 3.35. The van der Waals surface area contributed by atoms with Gasteiger partial charge in [-0.15, -0.1) is 0 Å². The van der Waals surface area contributed by atoms with E-state index in [9.17, 15) is 0 Å². The van der Waals surface area contributed by atoms with E-state index in [-0.39, 0.29) is 0 Å². The molecule has 0 radical (unpaired) electrons. The molecule has 88 valence electrons. The lowest BCUT2D eigenvalue weighted by Crippen LogP contribution is -1.80. The molecule has 1 heterocycles. The van der Waals surface area contributed by atoms with Gasteiger partial charge in [0.15, 0.2) is 0 Å². The van der Waals surface area contributed by atoms with Crippen molar-refractivity contribution >= 4 is 38.5 Å². The molecule has 1 nitrogen and oxygen atoms in total. The van der Waals surface area contributed by atoms with Crippen LogP contribution in [-0.2, 0) is 0 Å². The van der Waals surface area contributed by atoms with Crippen LogP contribution in [0, 0.1) is 0 Å². The number of fused-ring (bicyclic) bond motifs is 1.